The van der Waals surface area contributed by atoms with Crippen LogP contribution < -0.4 is 10.6 Å². The number of aromatic nitrogens is 1. The van der Waals surface area contributed by atoms with Gasteiger partial charge in [0.2, 0.25) is 5.91 Å². The Morgan fingerprint density at radius 1 is 1.18 bits per heavy atom. The summed E-state index contributed by atoms with van der Waals surface area (Å²) in [6.07, 6.45) is 5.51. The Labute approximate surface area is 164 Å². The molecular weight excluding hydrogens is 352 g/mol. The number of carbonyl (C=O) groups excluding carboxylic acids is 2. The Bertz CT molecular complexity index is 938. The van der Waals surface area contributed by atoms with E-state index in [1.807, 2.05) is 41.9 Å². The third kappa shape index (κ3) is 3.62. The van der Waals surface area contributed by atoms with Crippen LogP contribution in [0.2, 0.25) is 0 Å². The second-order valence-corrected chi connectivity index (χ2v) is 8.07. The van der Waals surface area contributed by atoms with Crippen molar-refractivity contribution in [2.75, 3.05) is 0 Å². The van der Waals surface area contributed by atoms with Gasteiger partial charge in [0.1, 0.15) is 11.7 Å². The molecule has 2 aromatic rings. The number of benzene rings is 1. The highest BCUT2D eigenvalue weighted by Crippen LogP contribution is 2.33. The van der Waals surface area contributed by atoms with Crippen molar-refractivity contribution in [2.24, 2.45) is 18.9 Å². The quantitative estimate of drug-likeness (QED) is 0.839. The summed E-state index contributed by atoms with van der Waals surface area (Å²) < 4.78 is 1.89. The molecule has 0 spiro atoms. The van der Waals surface area contributed by atoms with Gasteiger partial charge in [-0.2, -0.15) is 5.26 Å². The smallest absolute Gasteiger partial charge is 0.268 e. The van der Waals surface area contributed by atoms with Gasteiger partial charge < -0.3 is 15.2 Å². The largest absolute Gasteiger partial charge is 0.347 e. The number of nitrogens with zero attached hydrogens (tertiary/aromatic N) is 2. The highest BCUT2D eigenvalue weighted by molar-refractivity contribution is 5.99. The highest BCUT2D eigenvalue weighted by Gasteiger charge is 2.37. The SMILES string of the molecule is Cn1c(C(=O)N[C@H]2CCCC[C@H]2C(=O)N[C@@H](C#N)C2CC2)cc2ccccc21. The first-order valence-corrected chi connectivity index (χ1v) is 10.1. The van der Waals surface area contributed by atoms with E-state index in [-0.39, 0.29) is 23.8 Å². The Balaban J connectivity index is 1.48. The van der Waals surface area contributed by atoms with Crippen molar-refractivity contribution < 1.29 is 9.59 Å². The molecule has 6 nitrogen and oxygen atoms in total. The predicted octanol–water partition coefficient (Wildman–Crippen LogP) is 2.89. The Morgan fingerprint density at radius 2 is 1.93 bits per heavy atom. The zero-order valence-corrected chi connectivity index (χ0v) is 16.1. The molecule has 2 fully saturated rings. The number of para-hydroxylation sites is 1. The molecule has 146 valence electrons. The monoisotopic (exact) mass is 378 g/mol. The fourth-order valence-corrected chi connectivity index (χ4v) is 4.31. The molecular formula is C22H26N4O2. The van der Waals surface area contributed by atoms with Crippen molar-refractivity contribution in [2.45, 2.75) is 50.6 Å². The first-order valence-electron chi connectivity index (χ1n) is 10.1. The zero-order valence-electron chi connectivity index (χ0n) is 16.1. The number of hydrogen-bond donors (Lipinski definition) is 2. The number of hydrogen-bond acceptors (Lipinski definition) is 3. The molecule has 0 bridgehead atoms. The van der Waals surface area contributed by atoms with Crippen molar-refractivity contribution in [1.29, 1.82) is 5.26 Å². The minimum absolute atomic E-state index is 0.0968. The van der Waals surface area contributed by atoms with Crippen LogP contribution in [-0.4, -0.2) is 28.5 Å². The second kappa shape index (κ2) is 7.67. The summed E-state index contributed by atoms with van der Waals surface area (Å²) in [5.41, 5.74) is 1.60. The first kappa shape index (κ1) is 18.5. The molecule has 2 aliphatic carbocycles. The molecule has 1 aromatic heterocycles. The summed E-state index contributed by atoms with van der Waals surface area (Å²) in [6, 6.07) is 11.4. The lowest BCUT2D eigenvalue weighted by molar-refractivity contribution is -0.127. The van der Waals surface area contributed by atoms with Gasteiger partial charge in [-0.1, -0.05) is 31.0 Å². The van der Waals surface area contributed by atoms with Crippen molar-refractivity contribution in [3.05, 3.63) is 36.0 Å². The van der Waals surface area contributed by atoms with E-state index in [1.54, 1.807) is 0 Å². The van der Waals surface area contributed by atoms with E-state index in [1.165, 1.54) is 0 Å². The number of rotatable bonds is 5. The molecule has 6 heteroatoms. The van der Waals surface area contributed by atoms with Gasteiger partial charge in [-0.3, -0.25) is 9.59 Å². The Morgan fingerprint density at radius 3 is 2.64 bits per heavy atom. The number of nitriles is 1. The Hall–Kier alpha value is -2.81. The van der Waals surface area contributed by atoms with Crippen LogP contribution >= 0.6 is 0 Å². The average Bonchev–Trinajstić information content (AvgIpc) is 3.50. The van der Waals surface area contributed by atoms with E-state index in [4.69, 9.17) is 0 Å². The van der Waals surface area contributed by atoms with Gasteiger partial charge in [0.25, 0.3) is 5.91 Å². The summed E-state index contributed by atoms with van der Waals surface area (Å²) in [5, 5.41) is 16.3. The van der Waals surface area contributed by atoms with Crippen molar-refractivity contribution >= 4 is 22.7 Å². The van der Waals surface area contributed by atoms with Crippen LogP contribution in [0.15, 0.2) is 30.3 Å². The number of nitrogens with one attached hydrogen (secondary N) is 2. The van der Waals surface area contributed by atoms with E-state index < -0.39 is 6.04 Å². The fourth-order valence-electron chi connectivity index (χ4n) is 4.31. The molecule has 0 aliphatic heterocycles. The minimum atomic E-state index is -0.399. The van der Waals surface area contributed by atoms with Crippen LogP contribution in [0.25, 0.3) is 10.9 Å². The number of fused-ring (bicyclic) bond motifs is 1. The van der Waals surface area contributed by atoms with Crippen LogP contribution in [0.3, 0.4) is 0 Å². The van der Waals surface area contributed by atoms with Crippen molar-refractivity contribution in [1.82, 2.24) is 15.2 Å². The van der Waals surface area contributed by atoms with Crippen LogP contribution in [-0.2, 0) is 11.8 Å². The average molecular weight is 378 g/mol. The first-order chi connectivity index (χ1) is 13.6. The maximum Gasteiger partial charge on any atom is 0.268 e. The maximum absolute atomic E-state index is 13.0. The molecule has 3 atom stereocenters. The lowest BCUT2D eigenvalue weighted by Gasteiger charge is -2.31. The third-order valence-electron chi connectivity index (χ3n) is 6.13. The predicted molar refractivity (Wildman–Crippen MR) is 106 cm³/mol. The lowest BCUT2D eigenvalue weighted by Crippen LogP contribution is -2.50. The van der Waals surface area contributed by atoms with Gasteiger partial charge in [-0.25, -0.2) is 0 Å². The van der Waals surface area contributed by atoms with E-state index in [9.17, 15) is 14.9 Å². The van der Waals surface area contributed by atoms with Crippen LogP contribution in [0.4, 0.5) is 0 Å². The fraction of sp³-hybridized carbons (Fsp3) is 0.500. The van der Waals surface area contributed by atoms with Gasteiger partial charge in [0.15, 0.2) is 0 Å². The van der Waals surface area contributed by atoms with E-state index in [0.29, 0.717) is 11.6 Å². The van der Waals surface area contributed by atoms with Crippen LogP contribution in [0.5, 0.6) is 0 Å². The standard InChI is InChI=1S/C22H26N4O2/c1-26-19-9-5-2-6-15(19)12-20(26)22(28)24-17-8-4-3-7-16(17)21(27)25-18(13-23)14-10-11-14/h2,5-6,9,12,14,16-18H,3-4,7-8,10-11H2,1H3,(H,24,28)(H,25,27)/t16-,17+,18+/m1/s1. The van der Waals surface area contributed by atoms with Gasteiger partial charge in [-0.15, -0.1) is 0 Å². The molecule has 0 saturated heterocycles. The summed E-state index contributed by atoms with van der Waals surface area (Å²) in [7, 11) is 1.88. The molecule has 2 amide bonds. The van der Waals surface area contributed by atoms with E-state index >= 15 is 0 Å². The summed E-state index contributed by atoms with van der Waals surface area (Å²) in [6.45, 7) is 0. The normalized spacial score (nSPS) is 23.0. The molecule has 2 N–H and O–H groups in total. The molecule has 0 unspecified atom stereocenters. The van der Waals surface area contributed by atoms with Crippen molar-refractivity contribution in [3.63, 3.8) is 0 Å². The van der Waals surface area contributed by atoms with Gasteiger partial charge in [-0.05, 0) is 43.7 Å². The lowest BCUT2D eigenvalue weighted by atomic mass is 9.83. The second-order valence-electron chi connectivity index (χ2n) is 8.07. The minimum Gasteiger partial charge on any atom is -0.347 e. The van der Waals surface area contributed by atoms with E-state index in [0.717, 1.165) is 49.4 Å². The summed E-state index contributed by atoms with van der Waals surface area (Å²) >= 11 is 0. The summed E-state index contributed by atoms with van der Waals surface area (Å²) in [5.74, 6) is -0.230. The topological polar surface area (TPSA) is 86.9 Å². The van der Waals surface area contributed by atoms with Crippen molar-refractivity contribution in [3.8, 4) is 6.07 Å². The number of carbonyl (C=O) groups is 2. The van der Waals surface area contributed by atoms with Crippen LogP contribution in [0, 0.1) is 23.2 Å². The zero-order chi connectivity index (χ0) is 19.7. The molecule has 1 aromatic carbocycles. The van der Waals surface area contributed by atoms with E-state index in [2.05, 4.69) is 16.7 Å². The van der Waals surface area contributed by atoms with Gasteiger partial charge in [0, 0.05) is 24.0 Å². The van der Waals surface area contributed by atoms with Gasteiger partial charge in [0.05, 0.1) is 12.0 Å². The molecule has 2 aliphatic rings. The number of aryl methyl sites for hydroxylation is 1. The molecule has 1 heterocycles. The molecule has 28 heavy (non-hydrogen) atoms. The van der Waals surface area contributed by atoms with Gasteiger partial charge >= 0.3 is 0 Å². The molecule has 4 rings (SSSR count). The highest BCUT2D eigenvalue weighted by atomic mass is 16.2. The summed E-state index contributed by atoms with van der Waals surface area (Å²) in [4.78, 5) is 25.8. The molecule has 0 radical (unpaired) electrons. The third-order valence-corrected chi connectivity index (χ3v) is 6.13. The maximum atomic E-state index is 13.0. The van der Waals surface area contributed by atoms with Crippen LogP contribution in [0.1, 0.15) is 49.0 Å². The number of amides is 2. The molecule has 2 saturated carbocycles. The Kier molecular flexibility index (Phi) is 5.08.